The van der Waals surface area contributed by atoms with Gasteiger partial charge in [-0.15, -0.1) is 0 Å². The van der Waals surface area contributed by atoms with Crippen LogP contribution in [0, 0.1) is 0 Å². The molecule has 25 heavy (non-hydrogen) atoms. The van der Waals surface area contributed by atoms with Gasteiger partial charge in [-0.2, -0.15) is 5.10 Å². The van der Waals surface area contributed by atoms with Crippen molar-refractivity contribution in [2.75, 3.05) is 0 Å². The van der Waals surface area contributed by atoms with Crippen molar-refractivity contribution in [3.8, 4) is 5.69 Å². The lowest BCUT2D eigenvalue weighted by atomic mass is 10.1. The SMILES string of the molecule is O=C(Cc1coc2ccccc12)NCc1cnn(-c2ccccc2)c1. The summed E-state index contributed by atoms with van der Waals surface area (Å²) < 4.78 is 7.27. The van der Waals surface area contributed by atoms with E-state index >= 15 is 0 Å². The van der Waals surface area contributed by atoms with Crippen molar-refractivity contribution in [3.63, 3.8) is 0 Å². The topological polar surface area (TPSA) is 60.1 Å². The lowest BCUT2D eigenvalue weighted by molar-refractivity contribution is -0.120. The summed E-state index contributed by atoms with van der Waals surface area (Å²) >= 11 is 0. The lowest BCUT2D eigenvalue weighted by Gasteiger charge is -2.03. The van der Waals surface area contributed by atoms with Crippen molar-refractivity contribution >= 4 is 16.9 Å². The Hall–Kier alpha value is -3.34. The first-order valence-electron chi connectivity index (χ1n) is 8.10. The number of aromatic nitrogens is 2. The minimum atomic E-state index is -0.0426. The molecular formula is C20H17N3O2. The number of para-hydroxylation sites is 2. The molecule has 0 aliphatic heterocycles. The number of nitrogens with zero attached hydrogens (tertiary/aromatic N) is 2. The van der Waals surface area contributed by atoms with E-state index in [4.69, 9.17) is 4.42 Å². The van der Waals surface area contributed by atoms with Gasteiger partial charge in [-0.25, -0.2) is 4.68 Å². The molecule has 0 aliphatic carbocycles. The fraction of sp³-hybridized carbons (Fsp3) is 0.100. The molecule has 0 bridgehead atoms. The Morgan fingerprint density at radius 2 is 1.88 bits per heavy atom. The molecule has 0 radical (unpaired) electrons. The first-order chi connectivity index (χ1) is 12.3. The van der Waals surface area contributed by atoms with E-state index in [2.05, 4.69) is 10.4 Å². The molecule has 0 saturated carbocycles. The Kier molecular flexibility index (Phi) is 4.04. The van der Waals surface area contributed by atoms with E-state index in [1.807, 2.05) is 60.8 Å². The van der Waals surface area contributed by atoms with Gasteiger partial charge in [-0.05, 0) is 18.2 Å². The summed E-state index contributed by atoms with van der Waals surface area (Å²) in [7, 11) is 0. The van der Waals surface area contributed by atoms with Crippen LogP contribution in [0.1, 0.15) is 11.1 Å². The molecule has 1 N–H and O–H groups in total. The standard InChI is InChI=1S/C20H17N3O2/c24-20(10-16-14-25-19-9-5-4-8-18(16)19)21-11-15-12-22-23(13-15)17-6-2-1-3-7-17/h1-9,12-14H,10-11H2,(H,21,24). The highest BCUT2D eigenvalue weighted by atomic mass is 16.3. The highest BCUT2D eigenvalue weighted by Crippen LogP contribution is 2.21. The Morgan fingerprint density at radius 1 is 1.08 bits per heavy atom. The number of carbonyl (C=O) groups is 1. The molecule has 2 aromatic heterocycles. The molecule has 0 spiro atoms. The van der Waals surface area contributed by atoms with Crippen LogP contribution in [0.5, 0.6) is 0 Å². The van der Waals surface area contributed by atoms with Crippen LogP contribution >= 0.6 is 0 Å². The molecular weight excluding hydrogens is 314 g/mol. The average molecular weight is 331 g/mol. The van der Waals surface area contributed by atoms with Crippen LogP contribution in [-0.2, 0) is 17.8 Å². The molecule has 0 unspecified atom stereocenters. The van der Waals surface area contributed by atoms with Crippen LogP contribution < -0.4 is 5.32 Å². The van der Waals surface area contributed by atoms with E-state index in [1.54, 1.807) is 17.1 Å². The van der Waals surface area contributed by atoms with E-state index in [9.17, 15) is 4.79 Å². The third-order valence-corrected chi connectivity index (χ3v) is 4.06. The summed E-state index contributed by atoms with van der Waals surface area (Å²) in [6, 6.07) is 17.6. The molecule has 0 atom stereocenters. The van der Waals surface area contributed by atoms with Crippen LogP contribution in [0.4, 0.5) is 0 Å². The number of nitrogens with one attached hydrogen (secondary N) is 1. The number of amides is 1. The Balaban J connectivity index is 1.38. The molecule has 1 amide bonds. The van der Waals surface area contributed by atoms with Gasteiger partial charge in [0.1, 0.15) is 5.58 Å². The number of furan rings is 1. The maximum atomic E-state index is 12.2. The molecule has 4 aromatic rings. The van der Waals surface area contributed by atoms with Gasteiger partial charge >= 0.3 is 0 Å². The first kappa shape index (κ1) is 15.2. The predicted molar refractivity (Wildman–Crippen MR) is 95.3 cm³/mol. The van der Waals surface area contributed by atoms with Gasteiger partial charge < -0.3 is 9.73 Å². The predicted octanol–water partition coefficient (Wildman–Crippen LogP) is 3.48. The monoisotopic (exact) mass is 331 g/mol. The van der Waals surface area contributed by atoms with E-state index in [-0.39, 0.29) is 5.91 Å². The molecule has 2 heterocycles. The van der Waals surface area contributed by atoms with Gasteiger partial charge in [-0.1, -0.05) is 36.4 Å². The largest absolute Gasteiger partial charge is 0.464 e. The van der Waals surface area contributed by atoms with Gasteiger partial charge in [0.15, 0.2) is 0 Å². The third-order valence-electron chi connectivity index (χ3n) is 4.06. The van der Waals surface area contributed by atoms with Crippen LogP contribution in [0.3, 0.4) is 0 Å². The summed E-state index contributed by atoms with van der Waals surface area (Å²) in [5.41, 5.74) is 3.64. The summed E-state index contributed by atoms with van der Waals surface area (Å²) in [6.07, 6.45) is 5.63. The molecule has 0 fully saturated rings. The van der Waals surface area contributed by atoms with Crippen molar-refractivity contribution in [2.24, 2.45) is 0 Å². The number of benzene rings is 2. The minimum Gasteiger partial charge on any atom is -0.464 e. The zero-order chi connectivity index (χ0) is 17.1. The molecule has 0 saturated heterocycles. The van der Waals surface area contributed by atoms with Gasteiger partial charge in [0.25, 0.3) is 0 Å². The van der Waals surface area contributed by atoms with Crippen LogP contribution in [0.2, 0.25) is 0 Å². The van der Waals surface area contributed by atoms with Gasteiger partial charge in [-0.3, -0.25) is 4.79 Å². The van der Waals surface area contributed by atoms with Crippen molar-refractivity contribution in [2.45, 2.75) is 13.0 Å². The Morgan fingerprint density at radius 3 is 2.76 bits per heavy atom. The number of carbonyl (C=O) groups excluding carboxylic acids is 1. The second-order valence-electron chi connectivity index (χ2n) is 5.84. The summed E-state index contributed by atoms with van der Waals surface area (Å²) in [6.45, 7) is 0.446. The lowest BCUT2D eigenvalue weighted by Crippen LogP contribution is -2.24. The second-order valence-corrected chi connectivity index (χ2v) is 5.84. The van der Waals surface area contributed by atoms with E-state index in [0.717, 1.165) is 27.8 Å². The highest BCUT2D eigenvalue weighted by Gasteiger charge is 2.10. The fourth-order valence-corrected chi connectivity index (χ4v) is 2.78. The van der Waals surface area contributed by atoms with Crippen molar-refractivity contribution in [1.82, 2.24) is 15.1 Å². The summed E-state index contributed by atoms with van der Waals surface area (Å²) in [5.74, 6) is -0.0426. The molecule has 5 heteroatoms. The normalized spacial score (nSPS) is 10.9. The van der Waals surface area contributed by atoms with E-state index in [1.165, 1.54) is 0 Å². The van der Waals surface area contributed by atoms with Crippen molar-refractivity contribution in [1.29, 1.82) is 0 Å². The molecule has 4 rings (SSSR count). The van der Waals surface area contributed by atoms with Gasteiger partial charge in [0.2, 0.25) is 5.91 Å². The molecule has 0 aliphatic rings. The number of fused-ring (bicyclic) bond motifs is 1. The second kappa shape index (κ2) is 6.65. The quantitative estimate of drug-likeness (QED) is 0.609. The summed E-state index contributed by atoms with van der Waals surface area (Å²) in [4.78, 5) is 12.2. The average Bonchev–Trinajstić information content (AvgIpc) is 3.28. The maximum Gasteiger partial charge on any atom is 0.224 e. The Labute approximate surface area is 144 Å². The smallest absolute Gasteiger partial charge is 0.224 e. The van der Waals surface area contributed by atoms with E-state index < -0.39 is 0 Å². The van der Waals surface area contributed by atoms with Crippen LogP contribution in [-0.4, -0.2) is 15.7 Å². The van der Waals surface area contributed by atoms with Crippen molar-refractivity contribution in [3.05, 3.63) is 84.4 Å². The fourth-order valence-electron chi connectivity index (χ4n) is 2.78. The zero-order valence-corrected chi connectivity index (χ0v) is 13.6. The number of hydrogen-bond acceptors (Lipinski definition) is 3. The number of hydrogen-bond donors (Lipinski definition) is 1. The Bertz CT molecular complexity index is 1000. The molecule has 5 nitrogen and oxygen atoms in total. The minimum absolute atomic E-state index is 0.0426. The van der Waals surface area contributed by atoms with Crippen LogP contribution in [0.25, 0.3) is 16.7 Å². The van der Waals surface area contributed by atoms with E-state index in [0.29, 0.717) is 13.0 Å². The first-order valence-corrected chi connectivity index (χ1v) is 8.10. The molecule has 2 aromatic carbocycles. The molecule has 124 valence electrons. The van der Waals surface area contributed by atoms with Crippen LogP contribution in [0.15, 0.2) is 77.7 Å². The zero-order valence-electron chi connectivity index (χ0n) is 13.6. The number of rotatable bonds is 5. The highest BCUT2D eigenvalue weighted by molar-refractivity contribution is 5.87. The van der Waals surface area contributed by atoms with Gasteiger partial charge in [0, 0.05) is 29.3 Å². The maximum absolute atomic E-state index is 12.2. The summed E-state index contributed by atoms with van der Waals surface area (Å²) in [5, 5.41) is 8.25. The van der Waals surface area contributed by atoms with Crippen molar-refractivity contribution < 1.29 is 9.21 Å². The third kappa shape index (κ3) is 3.30. The van der Waals surface area contributed by atoms with Gasteiger partial charge in [0.05, 0.1) is 24.6 Å².